The van der Waals surface area contributed by atoms with Crippen LogP contribution in [0.5, 0.6) is 0 Å². The molecular formula is C25H33NO3Si. The second-order valence-corrected chi connectivity index (χ2v) is 13.4. The molecule has 2 aromatic rings. The fraction of sp³-hybridized carbons (Fsp3) is 0.400. The van der Waals surface area contributed by atoms with Gasteiger partial charge in [0.1, 0.15) is 0 Å². The molecular weight excluding hydrogens is 390 g/mol. The molecule has 0 unspecified atom stereocenters. The molecule has 30 heavy (non-hydrogen) atoms. The minimum absolute atomic E-state index is 0.0133. The highest BCUT2D eigenvalue weighted by Crippen LogP contribution is 2.39. The van der Waals surface area contributed by atoms with Crippen LogP contribution in [0.15, 0.2) is 72.3 Å². The molecule has 0 saturated carbocycles. The summed E-state index contributed by atoms with van der Waals surface area (Å²) in [6, 6.07) is 21.2. The molecule has 0 saturated heterocycles. The van der Waals surface area contributed by atoms with Gasteiger partial charge in [0.05, 0.1) is 18.8 Å². The Kier molecular flexibility index (Phi) is 6.65. The molecule has 3 rings (SSSR count). The summed E-state index contributed by atoms with van der Waals surface area (Å²) in [6.45, 7) is 6.80. The number of nitrogens with zero attached hydrogens (tertiary/aromatic N) is 1. The number of hydrogen-bond acceptors (Lipinski definition) is 4. The Morgan fingerprint density at radius 3 is 1.87 bits per heavy atom. The van der Waals surface area contributed by atoms with Crippen LogP contribution in [-0.4, -0.2) is 52.5 Å². The lowest BCUT2D eigenvalue weighted by Gasteiger charge is -2.44. The van der Waals surface area contributed by atoms with Gasteiger partial charge < -0.3 is 14.1 Å². The van der Waals surface area contributed by atoms with Gasteiger partial charge in [0.25, 0.3) is 8.32 Å². The molecule has 160 valence electrons. The second-order valence-electron chi connectivity index (χ2n) is 9.15. The van der Waals surface area contributed by atoms with E-state index in [4.69, 9.17) is 9.16 Å². The number of esters is 1. The molecule has 0 aliphatic heterocycles. The zero-order valence-corrected chi connectivity index (χ0v) is 19.9. The van der Waals surface area contributed by atoms with E-state index >= 15 is 0 Å². The lowest BCUT2D eigenvalue weighted by Crippen LogP contribution is -2.67. The molecule has 0 radical (unpaired) electrons. The molecule has 1 aliphatic carbocycles. The van der Waals surface area contributed by atoms with Gasteiger partial charge in [0, 0.05) is 6.04 Å². The maximum absolute atomic E-state index is 12.4. The Bertz CT molecular complexity index is 848. The van der Waals surface area contributed by atoms with Gasteiger partial charge in [-0.15, -0.1) is 0 Å². The number of carbonyl (C=O) groups excluding carboxylic acids is 1. The number of rotatable bonds is 6. The van der Waals surface area contributed by atoms with Crippen LogP contribution in [0.2, 0.25) is 5.04 Å². The zero-order valence-electron chi connectivity index (χ0n) is 18.9. The molecule has 2 atom stereocenters. The molecule has 1 aliphatic rings. The maximum atomic E-state index is 12.4. The first-order chi connectivity index (χ1) is 14.2. The van der Waals surface area contributed by atoms with Gasteiger partial charge >= 0.3 is 5.97 Å². The largest absolute Gasteiger partial charge is 0.466 e. The predicted octanol–water partition coefficient (Wildman–Crippen LogP) is 3.36. The van der Waals surface area contributed by atoms with Gasteiger partial charge in [0.15, 0.2) is 0 Å². The monoisotopic (exact) mass is 423 g/mol. The van der Waals surface area contributed by atoms with Crippen molar-refractivity contribution in [2.45, 2.75) is 44.4 Å². The average molecular weight is 424 g/mol. The van der Waals surface area contributed by atoms with Crippen molar-refractivity contribution in [3.8, 4) is 0 Å². The SMILES string of the molecule is COC(=O)C1=C[C@H](O[Si](c2ccccc2)(c2ccccc2)C(C)(C)C)C[C@@H]1N(C)C. The second kappa shape index (κ2) is 8.88. The third-order valence-electron chi connectivity index (χ3n) is 5.97. The van der Waals surface area contributed by atoms with Crippen molar-refractivity contribution in [1.29, 1.82) is 0 Å². The number of likely N-dealkylation sites (N-methyl/N-ethyl adjacent to an activating group) is 1. The third-order valence-corrected chi connectivity index (χ3v) is 11.0. The number of hydrogen-bond donors (Lipinski definition) is 0. The van der Waals surface area contributed by atoms with Crippen molar-refractivity contribution in [2.75, 3.05) is 21.2 Å². The molecule has 5 heteroatoms. The van der Waals surface area contributed by atoms with Crippen LogP contribution in [-0.2, 0) is 14.0 Å². The Balaban J connectivity index is 2.13. The van der Waals surface area contributed by atoms with E-state index in [-0.39, 0.29) is 23.2 Å². The van der Waals surface area contributed by atoms with Crippen LogP contribution in [0.1, 0.15) is 27.2 Å². The van der Waals surface area contributed by atoms with Crippen molar-refractivity contribution < 1.29 is 14.0 Å². The molecule has 0 heterocycles. The van der Waals surface area contributed by atoms with Gasteiger partial charge in [-0.2, -0.15) is 0 Å². The quantitative estimate of drug-likeness (QED) is 0.528. The number of methoxy groups -OCH3 is 1. The first-order valence-electron chi connectivity index (χ1n) is 10.5. The lowest BCUT2D eigenvalue weighted by molar-refractivity contribution is -0.136. The Morgan fingerprint density at radius 1 is 0.967 bits per heavy atom. The molecule has 0 spiro atoms. The third kappa shape index (κ3) is 4.15. The van der Waals surface area contributed by atoms with E-state index in [1.54, 1.807) is 0 Å². The van der Waals surface area contributed by atoms with Crippen LogP contribution >= 0.6 is 0 Å². The summed E-state index contributed by atoms with van der Waals surface area (Å²) in [7, 11) is 2.75. The van der Waals surface area contributed by atoms with E-state index in [9.17, 15) is 4.79 Å². The Hall–Kier alpha value is -2.21. The molecule has 0 amide bonds. The summed E-state index contributed by atoms with van der Waals surface area (Å²) in [4.78, 5) is 14.5. The van der Waals surface area contributed by atoms with Crippen LogP contribution in [0.4, 0.5) is 0 Å². The van der Waals surface area contributed by atoms with Crippen molar-refractivity contribution in [3.05, 3.63) is 72.3 Å². The van der Waals surface area contributed by atoms with E-state index in [2.05, 4.69) is 74.2 Å². The van der Waals surface area contributed by atoms with Crippen molar-refractivity contribution in [1.82, 2.24) is 4.90 Å². The van der Waals surface area contributed by atoms with Crippen LogP contribution < -0.4 is 10.4 Å². The van der Waals surface area contributed by atoms with Gasteiger partial charge in [-0.05, 0) is 42.0 Å². The fourth-order valence-corrected chi connectivity index (χ4v) is 9.17. The minimum Gasteiger partial charge on any atom is -0.466 e. The van der Waals surface area contributed by atoms with Gasteiger partial charge in [-0.3, -0.25) is 0 Å². The van der Waals surface area contributed by atoms with Gasteiger partial charge in [-0.25, -0.2) is 4.79 Å². The summed E-state index contributed by atoms with van der Waals surface area (Å²) in [6.07, 6.45) is 2.57. The first-order valence-corrected chi connectivity index (χ1v) is 12.4. The number of carbonyl (C=O) groups is 1. The zero-order chi connectivity index (χ0) is 21.9. The van der Waals surface area contributed by atoms with Crippen molar-refractivity contribution in [3.63, 3.8) is 0 Å². The summed E-state index contributed by atoms with van der Waals surface area (Å²) in [5.74, 6) is -0.276. The van der Waals surface area contributed by atoms with E-state index < -0.39 is 8.32 Å². The number of benzene rings is 2. The van der Waals surface area contributed by atoms with Crippen molar-refractivity contribution >= 4 is 24.7 Å². The lowest BCUT2D eigenvalue weighted by atomic mass is 10.1. The van der Waals surface area contributed by atoms with Crippen LogP contribution in [0, 0.1) is 0 Å². The van der Waals surface area contributed by atoms with Crippen molar-refractivity contribution in [2.24, 2.45) is 0 Å². The van der Waals surface area contributed by atoms with Crippen LogP contribution in [0.25, 0.3) is 0 Å². The van der Waals surface area contributed by atoms with E-state index in [1.807, 2.05) is 32.3 Å². The summed E-state index contributed by atoms with van der Waals surface area (Å²) < 4.78 is 12.2. The molecule has 0 fully saturated rings. The molecule has 0 N–H and O–H groups in total. The Labute approximate surface area is 181 Å². The van der Waals surface area contributed by atoms with Gasteiger partial charge in [0.2, 0.25) is 0 Å². The molecule has 2 aromatic carbocycles. The summed E-state index contributed by atoms with van der Waals surface area (Å²) in [5, 5.41) is 2.38. The molecule has 0 bridgehead atoms. The Morgan fingerprint density at radius 2 is 1.47 bits per heavy atom. The minimum atomic E-state index is -2.67. The van der Waals surface area contributed by atoms with E-state index in [1.165, 1.54) is 17.5 Å². The highest BCUT2D eigenvalue weighted by molar-refractivity contribution is 6.99. The highest BCUT2D eigenvalue weighted by atomic mass is 28.4. The first kappa shape index (κ1) is 22.5. The van der Waals surface area contributed by atoms with Gasteiger partial charge in [-0.1, -0.05) is 81.4 Å². The fourth-order valence-electron chi connectivity index (χ4n) is 4.54. The smallest absolute Gasteiger partial charge is 0.335 e. The maximum Gasteiger partial charge on any atom is 0.335 e. The predicted molar refractivity (Wildman–Crippen MR) is 125 cm³/mol. The molecule has 4 nitrogen and oxygen atoms in total. The van der Waals surface area contributed by atoms with E-state index in [0.717, 1.165) is 6.42 Å². The summed E-state index contributed by atoms with van der Waals surface area (Å²) in [5.41, 5.74) is 0.686. The topological polar surface area (TPSA) is 38.8 Å². The normalized spacial score (nSPS) is 19.6. The standard InChI is InChI=1S/C25H33NO3Si/c1-25(2,3)30(20-13-9-7-10-14-20,21-15-11-8-12-16-21)29-19-17-22(24(27)28-6)23(18-19)26(4)5/h7-17,19,23H,18H2,1-6H3/t19-,23-/m0/s1. The van der Waals surface area contributed by atoms with Crippen LogP contribution in [0.3, 0.4) is 0 Å². The summed E-state index contributed by atoms with van der Waals surface area (Å²) >= 11 is 0. The average Bonchev–Trinajstić information content (AvgIpc) is 3.16. The molecule has 0 aromatic heterocycles. The van der Waals surface area contributed by atoms with E-state index in [0.29, 0.717) is 5.57 Å². The number of ether oxygens (including phenoxy) is 1. The highest BCUT2D eigenvalue weighted by Gasteiger charge is 2.52.